The lowest BCUT2D eigenvalue weighted by Crippen LogP contribution is -2.53. The van der Waals surface area contributed by atoms with E-state index < -0.39 is 0 Å². The Morgan fingerprint density at radius 3 is 2.21 bits per heavy atom. The minimum Gasteiger partial charge on any atom is -0.358 e. The Kier molecular flexibility index (Phi) is 6.24. The molecule has 0 spiro atoms. The van der Waals surface area contributed by atoms with Crippen molar-refractivity contribution in [1.29, 1.82) is 0 Å². The molecule has 1 heterocycles. The second kappa shape index (κ2) is 7.45. The van der Waals surface area contributed by atoms with Crippen molar-refractivity contribution in [3.05, 3.63) is 0 Å². The molecule has 110 valence electrons. The lowest BCUT2D eigenvalue weighted by molar-refractivity contribution is -0.138. The molecule has 1 aliphatic heterocycles. The Morgan fingerprint density at radius 1 is 1.21 bits per heavy atom. The minimum atomic E-state index is -0.0921. The summed E-state index contributed by atoms with van der Waals surface area (Å²) in [6.45, 7) is 7.70. The first-order valence-electron chi connectivity index (χ1n) is 6.91. The zero-order chi connectivity index (χ0) is 14.4. The highest BCUT2D eigenvalue weighted by Crippen LogP contribution is 2.14. The summed E-state index contributed by atoms with van der Waals surface area (Å²) in [6, 6.07) is 0. The molecule has 0 radical (unpaired) electrons. The van der Waals surface area contributed by atoms with Gasteiger partial charge in [-0.1, -0.05) is 13.8 Å². The van der Waals surface area contributed by atoms with Crippen LogP contribution in [0, 0.1) is 11.8 Å². The third-order valence-electron chi connectivity index (χ3n) is 3.71. The first kappa shape index (κ1) is 15.9. The van der Waals surface area contributed by atoms with Crippen LogP contribution in [0.15, 0.2) is 0 Å². The molecule has 19 heavy (non-hydrogen) atoms. The largest absolute Gasteiger partial charge is 0.358 e. The Morgan fingerprint density at radius 2 is 1.79 bits per heavy atom. The van der Waals surface area contributed by atoms with Gasteiger partial charge in [0.25, 0.3) is 0 Å². The second-order valence-electron chi connectivity index (χ2n) is 5.36. The fraction of sp³-hybridized carbons (Fsp3) is 0.846. The number of carbonyl (C=O) groups excluding carboxylic acids is 2. The van der Waals surface area contributed by atoms with Crippen LogP contribution in [0.25, 0.3) is 0 Å². The van der Waals surface area contributed by atoms with Crippen LogP contribution in [0.4, 0.5) is 0 Å². The summed E-state index contributed by atoms with van der Waals surface area (Å²) < 4.78 is 0. The number of hydrogen-bond donors (Lipinski definition) is 2. The standard InChI is InChI=1S/C13H26N4O2/c1-10(2)11(8-14)13(19)17-6-4-16(5-7-17)9-12(18)15-3/h10-11H,4-9,14H2,1-3H3,(H,15,18). The maximum Gasteiger partial charge on any atom is 0.233 e. The van der Waals surface area contributed by atoms with E-state index in [4.69, 9.17) is 5.73 Å². The highest BCUT2D eigenvalue weighted by Gasteiger charge is 2.28. The van der Waals surface area contributed by atoms with Crippen LogP contribution < -0.4 is 11.1 Å². The Bertz CT molecular complexity index is 312. The molecule has 1 saturated heterocycles. The van der Waals surface area contributed by atoms with Gasteiger partial charge in [0, 0.05) is 39.8 Å². The van der Waals surface area contributed by atoms with E-state index in [-0.39, 0.29) is 23.7 Å². The molecule has 1 rings (SSSR count). The fourth-order valence-electron chi connectivity index (χ4n) is 2.30. The SMILES string of the molecule is CNC(=O)CN1CCN(C(=O)C(CN)C(C)C)CC1. The summed E-state index contributed by atoms with van der Waals surface area (Å²) in [5.41, 5.74) is 5.68. The Labute approximate surface area is 115 Å². The van der Waals surface area contributed by atoms with Gasteiger partial charge in [0.05, 0.1) is 12.5 Å². The zero-order valence-corrected chi connectivity index (χ0v) is 12.2. The summed E-state index contributed by atoms with van der Waals surface area (Å²) in [4.78, 5) is 27.5. The Balaban J connectivity index is 2.45. The lowest BCUT2D eigenvalue weighted by atomic mass is 9.94. The van der Waals surface area contributed by atoms with Gasteiger partial charge in [-0.25, -0.2) is 0 Å². The van der Waals surface area contributed by atoms with Gasteiger partial charge in [-0.15, -0.1) is 0 Å². The monoisotopic (exact) mass is 270 g/mol. The maximum absolute atomic E-state index is 12.3. The number of carbonyl (C=O) groups is 2. The van der Waals surface area contributed by atoms with Crippen molar-refractivity contribution in [2.45, 2.75) is 13.8 Å². The van der Waals surface area contributed by atoms with Crippen molar-refractivity contribution >= 4 is 11.8 Å². The van der Waals surface area contributed by atoms with Gasteiger partial charge < -0.3 is 16.0 Å². The maximum atomic E-state index is 12.3. The van der Waals surface area contributed by atoms with Gasteiger partial charge in [-0.2, -0.15) is 0 Å². The van der Waals surface area contributed by atoms with Gasteiger partial charge in [-0.05, 0) is 5.92 Å². The van der Waals surface area contributed by atoms with E-state index in [1.807, 2.05) is 18.7 Å². The number of piperazine rings is 1. The molecule has 0 aromatic carbocycles. The molecule has 1 atom stereocenters. The van der Waals surface area contributed by atoms with Crippen molar-refractivity contribution in [1.82, 2.24) is 15.1 Å². The molecule has 1 aliphatic rings. The average Bonchev–Trinajstić information content (AvgIpc) is 2.39. The first-order valence-corrected chi connectivity index (χ1v) is 6.91. The molecule has 0 bridgehead atoms. The number of amides is 2. The lowest BCUT2D eigenvalue weighted by Gasteiger charge is -2.36. The quantitative estimate of drug-likeness (QED) is 0.679. The second-order valence-corrected chi connectivity index (χ2v) is 5.36. The van der Waals surface area contributed by atoms with Crippen molar-refractivity contribution in [3.63, 3.8) is 0 Å². The number of hydrogen-bond acceptors (Lipinski definition) is 4. The summed E-state index contributed by atoms with van der Waals surface area (Å²) in [7, 11) is 1.64. The number of nitrogens with two attached hydrogens (primary N) is 1. The predicted molar refractivity (Wildman–Crippen MR) is 74.5 cm³/mol. The van der Waals surface area contributed by atoms with Crippen molar-refractivity contribution in [3.8, 4) is 0 Å². The molecule has 0 aromatic heterocycles. The summed E-state index contributed by atoms with van der Waals surface area (Å²) in [5, 5.41) is 2.61. The third-order valence-corrected chi connectivity index (χ3v) is 3.71. The molecular formula is C13H26N4O2. The van der Waals surface area contributed by atoms with Crippen molar-refractivity contribution < 1.29 is 9.59 Å². The smallest absolute Gasteiger partial charge is 0.233 e. The van der Waals surface area contributed by atoms with E-state index in [1.165, 1.54) is 0 Å². The normalized spacial score (nSPS) is 18.5. The molecule has 2 amide bonds. The molecule has 0 saturated carbocycles. The molecule has 6 heteroatoms. The van der Waals surface area contributed by atoms with Gasteiger partial charge in [0.15, 0.2) is 0 Å². The average molecular weight is 270 g/mol. The van der Waals surface area contributed by atoms with E-state index in [9.17, 15) is 9.59 Å². The van der Waals surface area contributed by atoms with E-state index in [1.54, 1.807) is 7.05 Å². The molecule has 0 aliphatic carbocycles. The van der Waals surface area contributed by atoms with Gasteiger partial charge in [-0.3, -0.25) is 14.5 Å². The van der Waals surface area contributed by atoms with Gasteiger partial charge >= 0.3 is 0 Å². The highest BCUT2D eigenvalue weighted by molar-refractivity contribution is 5.80. The Hall–Kier alpha value is -1.14. The van der Waals surface area contributed by atoms with Crippen LogP contribution in [0.2, 0.25) is 0 Å². The van der Waals surface area contributed by atoms with Crippen LogP contribution in [-0.4, -0.2) is 67.9 Å². The summed E-state index contributed by atoms with van der Waals surface area (Å²) in [5.74, 6) is 0.339. The van der Waals surface area contributed by atoms with Crippen molar-refractivity contribution in [2.24, 2.45) is 17.6 Å². The summed E-state index contributed by atoms with van der Waals surface area (Å²) in [6.07, 6.45) is 0. The van der Waals surface area contributed by atoms with Crippen LogP contribution in [0.5, 0.6) is 0 Å². The zero-order valence-electron chi connectivity index (χ0n) is 12.2. The van der Waals surface area contributed by atoms with E-state index >= 15 is 0 Å². The van der Waals surface area contributed by atoms with Gasteiger partial charge in [0.1, 0.15) is 0 Å². The van der Waals surface area contributed by atoms with E-state index in [2.05, 4.69) is 10.2 Å². The fourth-order valence-corrected chi connectivity index (χ4v) is 2.30. The number of nitrogens with one attached hydrogen (secondary N) is 1. The number of nitrogens with zero attached hydrogens (tertiary/aromatic N) is 2. The van der Waals surface area contributed by atoms with E-state index in [0.717, 1.165) is 13.1 Å². The molecule has 0 aromatic rings. The third kappa shape index (κ3) is 4.47. The predicted octanol–water partition coefficient (Wildman–Crippen LogP) is -0.892. The van der Waals surface area contributed by atoms with Crippen molar-refractivity contribution in [2.75, 3.05) is 46.3 Å². The molecule has 3 N–H and O–H groups in total. The molecule has 6 nitrogen and oxygen atoms in total. The van der Waals surface area contributed by atoms with Crippen LogP contribution in [0.1, 0.15) is 13.8 Å². The van der Waals surface area contributed by atoms with Crippen LogP contribution >= 0.6 is 0 Å². The number of likely N-dealkylation sites (N-methyl/N-ethyl adjacent to an activating group) is 1. The first-order chi connectivity index (χ1) is 8.99. The molecular weight excluding hydrogens is 244 g/mol. The van der Waals surface area contributed by atoms with Crippen LogP contribution in [0.3, 0.4) is 0 Å². The van der Waals surface area contributed by atoms with Gasteiger partial charge in [0.2, 0.25) is 11.8 Å². The minimum absolute atomic E-state index is 0.0155. The summed E-state index contributed by atoms with van der Waals surface area (Å²) >= 11 is 0. The highest BCUT2D eigenvalue weighted by atomic mass is 16.2. The number of rotatable bonds is 5. The van der Waals surface area contributed by atoms with Crippen LogP contribution in [-0.2, 0) is 9.59 Å². The molecule has 1 fully saturated rings. The van der Waals surface area contributed by atoms with E-state index in [0.29, 0.717) is 26.2 Å². The molecule has 1 unspecified atom stereocenters. The topological polar surface area (TPSA) is 78.7 Å².